The number of hydrogen-bond donors (Lipinski definition) is 16. The van der Waals surface area contributed by atoms with Crippen LogP contribution in [0, 0.1) is 11.8 Å². The van der Waals surface area contributed by atoms with E-state index in [2.05, 4.69) is 42.0 Å². The first kappa shape index (κ1) is 63.0. The van der Waals surface area contributed by atoms with E-state index in [4.69, 9.17) is 5.73 Å². The van der Waals surface area contributed by atoms with Crippen molar-refractivity contribution in [3.63, 3.8) is 0 Å². The molecule has 3 aliphatic rings. The summed E-state index contributed by atoms with van der Waals surface area (Å²) in [5, 5.41) is 121. The van der Waals surface area contributed by atoms with Crippen LogP contribution in [0.3, 0.4) is 0 Å². The number of aliphatic hydroxyl groups excluding tert-OH is 9. The summed E-state index contributed by atoms with van der Waals surface area (Å²) in [6.07, 6.45) is -12.9. The van der Waals surface area contributed by atoms with Crippen LogP contribution in [0.5, 0.6) is 5.75 Å². The summed E-state index contributed by atoms with van der Waals surface area (Å²) in [6.45, 7) is 6.24. The summed E-state index contributed by atoms with van der Waals surface area (Å²) in [5.74, 6) is -9.18. The van der Waals surface area contributed by atoms with E-state index in [1.807, 2.05) is 5.32 Å². The topological polar surface area (TPSA) is 432 Å². The van der Waals surface area contributed by atoms with Gasteiger partial charge in [-0.1, -0.05) is 77.8 Å². The maximum Gasteiger partial charge on any atom is 0.248 e. The van der Waals surface area contributed by atoms with E-state index < -0.39 is 171 Å². The Balaban J connectivity index is 1.71. The van der Waals surface area contributed by atoms with Gasteiger partial charge >= 0.3 is 0 Å². The first-order chi connectivity index (χ1) is 35.7. The van der Waals surface area contributed by atoms with Gasteiger partial charge in [0.15, 0.2) is 6.23 Å². The molecule has 0 aromatic heterocycles. The molecule has 17 N–H and O–H groups in total. The Morgan fingerprint density at radius 3 is 1.91 bits per heavy atom. The van der Waals surface area contributed by atoms with Crippen molar-refractivity contribution in [3.8, 4) is 5.75 Å². The number of fused-ring (bicyclic) bond motifs is 2. The Kier molecular flexibility index (Phi) is 24.2. The number of nitrogens with one attached hydrogen (secondary N) is 5. The summed E-state index contributed by atoms with van der Waals surface area (Å²) in [6, 6.07) is -8.01. The van der Waals surface area contributed by atoms with Crippen molar-refractivity contribution in [1.29, 1.82) is 0 Å². The van der Waals surface area contributed by atoms with Crippen LogP contribution >= 0.6 is 0 Å². The van der Waals surface area contributed by atoms with Crippen molar-refractivity contribution >= 4 is 47.3 Å². The zero-order valence-electron chi connectivity index (χ0n) is 43.4. The van der Waals surface area contributed by atoms with E-state index in [1.54, 1.807) is 0 Å². The molecule has 1 aromatic rings. The molecule has 0 aliphatic carbocycles. The maximum absolute atomic E-state index is 14.4. The van der Waals surface area contributed by atoms with Gasteiger partial charge < -0.3 is 93.2 Å². The molecule has 0 bridgehead atoms. The third-order valence-electron chi connectivity index (χ3n) is 14.4. The van der Waals surface area contributed by atoms with E-state index in [-0.39, 0.29) is 17.7 Å². The number of hydrogen-bond acceptors (Lipinski definition) is 18. The van der Waals surface area contributed by atoms with Crippen molar-refractivity contribution in [2.75, 3.05) is 13.1 Å². The standard InChI is InChI=1S/C50H80N8O18/c1-5-24(2)18-25(3)12-10-8-6-7-9-11-13-36(66)52-30-20-33(63)46(72)56-48(74)40-42(68)34(64)23-58(40)50(76)38(32(62)21-35(51)65)54-47(73)39(43(69)41(67)27-14-16-28(60)17-15-27)55-45(71)31-19-29(61)22-57(31)49(75)37(26(4)59)53-44(30)70/h14-17,24-26,29-34,37-43,46,59-64,67-69,72H,5-13,18-23H2,1-4H3,(H2,51,65)(H,52,66)(H,53,70)(H,54,73)(H,55,71)(H,56,74)/t24?,25?,26-,29-,30-,31+,32-,33-,34+,37+,38+,39+,40+,41+,42+,43+,46-/m1/s1. The minimum absolute atomic E-state index is 0.105. The molecular formula is C50H80N8O18. The number of nitrogens with two attached hydrogens (primary N) is 1. The number of nitrogens with zero attached hydrogens (tertiary/aromatic N) is 2. The van der Waals surface area contributed by atoms with Gasteiger partial charge in [-0.2, -0.15) is 0 Å². The van der Waals surface area contributed by atoms with Crippen molar-refractivity contribution in [2.24, 2.45) is 17.6 Å². The van der Waals surface area contributed by atoms with Gasteiger partial charge in [0.25, 0.3) is 0 Å². The third kappa shape index (κ3) is 17.5. The smallest absolute Gasteiger partial charge is 0.248 e. The molecule has 1 aromatic carbocycles. The summed E-state index contributed by atoms with van der Waals surface area (Å²) in [5.41, 5.74) is 5.16. The Hall–Kier alpha value is -5.58. The molecule has 3 heterocycles. The highest BCUT2D eigenvalue weighted by atomic mass is 16.4. The maximum atomic E-state index is 14.4. The van der Waals surface area contributed by atoms with Gasteiger partial charge in [0, 0.05) is 25.8 Å². The van der Waals surface area contributed by atoms with Crippen LogP contribution < -0.4 is 32.3 Å². The average molecular weight is 1080 g/mol. The molecule has 8 amide bonds. The molecular weight excluding hydrogens is 1000 g/mol. The minimum Gasteiger partial charge on any atom is -0.508 e. The number of phenols is 1. The number of rotatable bonds is 20. The number of carbonyl (C=O) groups is 8. The summed E-state index contributed by atoms with van der Waals surface area (Å²) >= 11 is 0. The SMILES string of the molecule is CCC(C)CC(C)CCCCCCCCC(=O)N[C@@H]1C[C@@H](O)[C@@H](O)NC(=O)[C@@H]2[C@@H](O)[C@@H](O)CN2C(=O)[C@H]([C@H](O)CC(N)=O)NC(=O)[C@H]([C@H](O)[C@@H](O)c2ccc(O)cc2)NC(=O)[C@@H]2C[C@@H](O)CN2C(=O)[C@H]([C@@H](C)O)NC1=O. The van der Waals surface area contributed by atoms with Crippen LogP contribution in [0.15, 0.2) is 24.3 Å². The molecule has 26 heteroatoms. The van der Waals surface area contributed by atoms with Gasteiger partial charge in [0.05, 0.1) is 37.4 Å². The molecule has 17 atom stereocenters. The van der Waals surface area contributed by atoms with Crippen LogP contribution in [0.1, 0.15) is 123 Å². The van der Waals surface area contributed by atoms with E-state index in [9.17, 15) is 89.4 Å². The van der Waals surface area contributed by atoms with Gasteiger partial charge in [-0.3, -0.25) is 38.4 Å². The molecule has 0 spiro atoms. The fraction of sp³-hybridized carbons (Fsp3) is 0.720. The zero-order chi connectivity index (χ0) is 56.7. The second-order valence-corrected chi connectivity index (χ2v) is 20.7. The number of carbonyl (C=O) groups excluding carboxylic acids is 8. The number of unbranched alkanes of at least 4 members (excludes halogenated alkanes) is 5. The second kappa shape index (κ2) is 29.2. The van der Waals surface area contributed by atoms with Gasteiger partial charge in [0.1, 0.15) is 66.4 Å². The van der Waals surface area contributed by atoms with E-state index in [0.717, 1.165) is 74.6 Å². The fourth-order valence-corrected chi connectivity index (χ4v) is 9.80. The van der Waals surface area contributed by atoms with E-state index >= 15 is 0 Å². The summed E-state index contributed by atoms with van der Waals surface area (Å²) in [7, 11) is 0. The Bertz CT molecular complexity index is 2140. The molecule has 0 radical (unpaired) electrons. The molecule has 2 unspecified atom stereocenters. The number of benzene rings is 1. The van der Waals surface area contributed by atoms with Crippen LogP contribution in [-0.2, 0) is 38.4 Å². The molecule has 3 saturated heterocycles. The number of aromatic hydroxyl groups is 1. The summed E-state index contributed by atoms with van der Waals surface area (Å²) in [4.78, 5) is 112. The predicted molar refractivity (Wildman–Crippen MR) is 267 cm³/mol. The average Bonchev–Trinajstić information content (AvgIpc) is 3.90. The van der Waals surface area contributed by atoms with Crippen molar-refractivity contribution in [1.82, 2.24) is 36.4 Å². The van der Waals surface area contributed by atoms with Gasteiger partial charge in [-0.05, 0) is 49.3 Å². The summed E-state index contributed by atoms with van der Waals surface area (Å²) < 4.78 is 0. The zero-order valence-corrected chi connectivity index (χ0v) is 43.4. The largest absolute Gasteiger partial charge is 0.508 e. The highest BCUT2D eigenvalue weighted by molar-refractivity contribution is 5.98. The lowest BCUT2D eigenvalue weighted by atomic mass is 9.91. The number of phenolic OH excluding ortho intramolecular Hbond substituents is 1. The molecule has 428 valence electrons. The normalized spacial score (nSPS) is 29.8. The van der Waals surface area contributed by atoms with E-state index in [0.29, 0.717) is 29.6 Å². The highest BCUT2D eigenvalue weighted by Gasteiger charge is 2.51. The molecule has 3 fully saturated rings. The quantitative estimate of drug-likeness (QED) is 0.0549. The van der Waals surface area contributed by atoms with Gasteiger partial charge in [-0.15, -0.1) is 0 Å². The first-order valence-corrected chi connectivity index (χ1v) is 26.1. The lowest BCUT2D eigenvalue weighted by molar-refractivity contribution is -0.149. The minimum atomic E-state index is -2.41. The lowest BCUT2D eigenvalue weighted by Gasteiger charge is -2.34. The number of primary amides is 1. The third-order valence-corrected chi connectivity index (χ3v) is 14.4. The van der Waals surface area contributed by atoms with Crippen LogP contribution in [-0.4, -0.2) is 206 Å². The highest BCUT2D eigenvalue weighted by Crippen LogP contribution is 2.27. The lowest BCUT2D eigenvalue weighted by Crippen LogP contribution is -2.64. The van der Waals surface area contributed by atoms with Gasteiger partial charge in [-0.25, -0.2) is 0 Å². The molecule has 4 rings (SSSR count). The van der Waals surface area contributed by atoms with Crippen LogP contribution in [0.2, 0.25) is 0 Å². The van der Waals surface area contributed by atoms with Crippen molar-refractivity contribution < 1.29 is 89.4 Å². The molecule has 0 saturated carbocycles. The second-order valence-electron chi connectivity index (χ2n) is 20.7. The Morgan fingerprint density at radius 2 is 1.29 bits per heavy atom. The Morgan fingerprint density at radius 1 is 0.697 bits per heavy atom. The molecule has 26 nitrogen and oxygen atoms in total. The van der Waals surface area contributed by atoms with Crippen molar-refractivity contribution in [2.45, 2.75) is 202 Å². The first-order valence-electron chi connectivity index (χ1n) is 26.1. The van der Waals surface area contributed by atoms with Crippen LogP contribution in [0.4, 0.5) is 0 Å². The predicted octanol–water partition coefficient (Wildman–Crippen LogP) is -4.37. The molecule has 3 aliphatic heterocycles. The van der Waals surface area contributed by atoms with Crippen LogP contribution in [0.25, 0.3) is 0 Å². The van der Waals surface area contributed by atoms with Crippen molar-refractivity contribution in [3.05, 3.63) is 29.8 Å². The van der Waals surface area contributed by atoms with E-state index in [1.165, 1.54) is 6.42 Å². The molecule has 76 heavy (non-hydrogen) atoms. The van der Waals surface area contributed by atoms with Gasteiger partial charge in [0.2, 0.25) is 47.3 Å². The Labute approximate surface area is 440 Å². The number of aliphatic hydroxyl groups is 9. The number of amides is 8. The monoisotopic (exact) mass is 1080 g/mol. The fourth-order valence-electron chi connectivity index (χ4n) is 9.80.